The largest absolute Gasteiger partial charge is 0.336 e. The van der Waals surface area contributed by atoms with Crippen LogP contribution in [-0.4, -0.2) is 45.3 Å². The second kappa shape index (κ2) is 6.50. The molecule has 2 aliphatic rings. The van der Waals surface area contributed by atoms with Crippen LogP contribution in [0.5, 0.6) is 0 Å². The number of rotatable bonds is 4. The molecule has 0 bridgehead atoms. The Hall–Kier alpha value is -1.79. The number of hydrogen-bond donors (Lipinski definition) is 0. The molecule has 2 fully saturated rings. The molecular formula is C19H24N4OS. The summed E-state index contributed by atoms with van der Waals surface area (Å²) in [6.07, 6.45) is 3.72. The molecule has 2 aromatic heterocycles. The maximum atomic E-state index is 13.0. The zero-order chi connectivity index (χ0) is 17.4. The van der Waals surface area contributed by atoms with E-state index in [1.54, 1.807) is 17.5 Å². The standard InChI is InChI=1S/C19H24N4OS/c1-14-15(2)25-17(21-14)12-22-9-6-19(13-22)7-10-23(18(19)24)11-16-5-3-4-8-20-16/h3-5,8H,6-7,9-13H2,1-2H3. The van der Waals surface area contributed by atoms with Gasteiger partial charge in [-0.25, -0.2) is 4.98 Å². The first kappa shape index (κ1) is 16.7. The van der Waals surface area contributed by atoms with Crippen LogP contribution in [0.2, 0.25) is 0 Å². The first-order chi connectivity index (χ1) is 12.1. The van der Waals surface area contributed by atoms with Gasteiger partial charge in [0.05, 0.1) is 29.9 Å². The summed E-state index contributed by atoms with van der Waals surface area (Å²) in [7, 11) is 0. The lowest BCUT2D eigenvalue weighted by atomic mass is 9.85. The Labute approximate surface area is 152 Å². The molecule has 2 aromatic rings. The van der Waals surface area contributed by atoms with E-state index in [0.29, 0.717) is 12.5 Å². The van der Waals surface area contributed by atoms with E-state index in [9.17, 15) is 4.79 Å². The number of carbonyl (C=O) groups is 1. The van der Waals surface area contributed by atoms with E-state index in [0.717, 1.165) is 50.4 Å². The summed E-state index contributed by atoms with van der Waals surface area (Å²) in [4.78, 5) is 27.7. The highest BCUT2D eigenvalue weighted by Crippen LogP contribution is 2.41. The third-order valence-electron chi connectivity index (χ3n) is 5.54. The van der Waals surface area contributed by atoms with Crippen molar-refractivity contribution in [3.8, 4) is 0 Å². The maximum Gasteiger partial charge on any atom is 0.230 e. The quantitative estimate of drug-likeness (QED) is 0.845. The minimum atomic E-state index is -0.184. The number of thiazole rings is 1. The van der Waals surface area contributed by atoms with Crippen molar-refractivity contribution in [3.63, 3.8) is 0 Å². The molecule has 0 aliphatic carbocycles. The number of aromatic nitrogens is 2. The molecule has 4 heterocycles. The average molecular weight is 356 g/mol. The van der Waals surface area contributed by atoms with Crippen molar-refractivity contribution in [2.45, 2.75) is 39.8 Å². The highest BCUT2D eigenvalue weighted by atomic mass is 32.1. The number of pyridine rings is 1. The van der Waals surface area contributed by atoms with E-state index in [1.807, 2.05) is 23.1 Å². The van der Waals surface area contributed by atoms with E-state index >= 15 is 0 Å². The lowest BCUT2D eigenvalue weighted by molar-refractivity contribution is -0.136. The van der Waals surface area contributed by atoms with Crippen molar-refractivity contribution >= 4 is 17.2 Å². The molecule has 132 valence electrons. The summed E-state index contributed by atoms with van der Waals surface area (Å²) in [6.45, 7) is 8.39. The van der Waals surface area contributed by atoms with Gasteiger partial charge < -0.3 is 4.90 Å². The number of likely N-dealkylation sites (tertiary alicyclic amines) is 2. The Kier molecular flexibility index (Phi) is 4.33. The van der Waals surface area contributed by atoms with Gasteiger partial charge in [0.25, 0.3) is 0 Å². The van der Waals surface area contributed by atoms with E-state index in [2.05, 4.69) is 28.7 Å². The van der Waals surface area contributed by atoms with E-state index in [-0.39, 0.29) is 5.41 Å². The molecule has 1 spiro atoms. The zero-order valence-electron chi connectivity index (χ0n) is 14.9. The fraction of sp³-hybridized carbons (Fsp3) is 0.526. The first-order valence-corrected chi connectivity index (χ1v) is 9.72. The van der Waals surface area contributed by atoms with Crippen molar-refractivity contribution in [3.05, 3.63) is 45.7 Å². The summed E-state index contributed by atoms with van der Waals surface area (Å²) in [5.41, 5.74) is 1.92. The Morgan fingerprint density at radius 2 is 2.04 bits per heavy atom. The minimum absolute atomic E-state index is 0.184. The van der Waals surface area contributed by atoms with Crippen LogP contribution in [0.4, 0.5) is 0 Å². The van der Waals surface area contributed by atoms with Crippen LogP contribution in [0.1, 0.15) is 34.1 Å². The third kappa shape index (κ3) is 3.20. The molecule has 0 aromatic carbocycles. The van der Waals surface area contributed by atoms with Crippen LogP contribution in [0.3, 0.4) is 0 Å². The molecule has 2 aliphatic heterocycles. The van der Waals surface area contributed by atoms with Crippen molar-refractivity contribution in [1.82, 2.24) is 19.8 Å². The topological polar surface area (TPSA) is 49.3 Å². The van der Waals surface area contributed by atoms with Crippen molar-refractivity contribution in [1.29, 1.82) is 0 Å². The van der Waals surface area contributed by atoms with Gasteiger partial charge in [-0.2, -0.15) is 0 Å². The molecular weight excluding hydrogens is 332 g/mol. The third-order valence-corrected chi connectivity index (χ3v) is 6.60. The van der Waals surface area contributed by atoms with Crippen molar-refractivity contribution < 1.29 is 4.79 Å². The van der Waals surface area contributed by atoms with E-state index in [4.69, 9.17) is 0 Å². The van der Waals surface area contributed by atoms with Crippen molar-refractivity contribution in [2.75, 3.05) is 19.6 Å². The normalized spacial score (nSPS) is 23.9. The summed E-state index contributed by atoms with van der Waals surface area (Å²) >= 11 is 1.78. The van der Waals surface area contributed by atoms with Gasteiger partial charge in [-0.3, -0.25) is 14.7 Å². The summed E-state index contributed by atoms with van der Waals surface area (Å²) in [5.74, 6) is 0.312. The number of aryl methyl sites for hydroxylation is 2. The fourth-order valence-corrected chi connectivity index (χ4v) is 4.98. The molecule has 4 rings (SSSR count). The van der Waals surface area contributed by atoms with Crippen LogP contribution in [0, 0.1) is 19.3 Å². The van der Waals surface area contributed by atoms with Gasteiger partial charge in [0, 0.05) is 24.2 Å². The van der Waals surface area contributed by atoms with Gasteiger partial charge in [-0.05, 0) is 45.4 Å². The highest BCUT2D eigenvalue weighted by molar-refractivity contribution is 7.11. The molecule has 0 N–H and O–H groups in total. The van der Waals surface area contributed by atoms with Crippen molar-refractivity contribution in [2.24, 2.45) is 5.41 Å². The molecule has 1 unspecified atom stereocenters. The van der Waals surface area contributed by atoms with Crippen LogP contribution >= 0.6 is 11.3 Å². The monoisotopic (exact) mass is 356 g/mol. The van der Waals surface area contributed by atoms with Gasteiger partial charge >= 0.3 is 0 Å². The molecule has 0 radical (unpaired) electrons. The number of carbonyl (C=O) groups excluding carboxylic acids is 1. The fourth-order valence-electron chi connectivity index (χ4n) is 4.00. The Morgan fingerprint density at radius 1 is 1.20 bits per heavy atom. The molecule has 2 saturated heterocycles. The molecule has 0 saturated carbocycles. The molecule has 25 heavy (non-hydrogen) atoms. The van der Waals surface area contributed by atoms with Gasteiger partial charge in [-0.1, -0.05) is 6.07 Å². The van der Waals surface area contributed by atoms with Crippen LogP contribution in [0.15, 0.2) is 24.4 Å². The van der Waals surface area contributed by atoms with Gasteiger partial charge in [0.1, 0.15) is 5.01 Å². The van der Waals surface area contributed by atoms with E-state index < -0.39 is 0 Å². The lowest BCUT2D eigenvalue weighted by Gasteiger charge is -2.23. The maximum absolute atomic E-state index is 13.0. The average Bonchev–Trinajstić information content (AvgIpc) is 3.24. The molecule has 1 amide bonds. The van der Waals surface area contributed by atoms with Gasteiger partial charge in [0.15, 0.2) is 0 Å². The Bertz CT molecular complexity index is 755. The molecule has 6 heteroatoms. The van der Waals surface area contributed by atoms with Crippen LogP contribution < -0.4 is 0 Å². The smallest absolute Gasteiger partial charge is 0.230 e. The predicted molar refractivity (Wildman–Crippen MR) is 98.2 cm³/mol. The van der Waals surface area contributed by atoms with Gasteiger partial charge in [0.2, 0.25) is 5.91 Å². The van der Waals surface area contributed by atoms with Crippen LogP contribution in [0.25, 0.3) is 0 Å². The van der Waals surface area contributed by atoms with Gasteiger partial charge in [-0.15, -0.1) is 11.3 Å². The first-order valence-electron chi connectivity index (χ1n) is 8.90. The number of amides is 1. The molecule has 5 nitrogen and oxygen atoms in total. The van der Waals surface area contributed by atoms with Crippen LogP contribution in [-0.2, 0) is 17.9 Å². The highest BCUT2D eigenvalue weighted by Gasteiger charge is 2.50. The van der Waals surface area contributed by atoms with E-state index in [1.165, 1.54) is 9.88 Å². The summed E-state index contributed by atoms with van der Waals surface area (Å²) < 4.78 is 0. The Balaban J connectivity index is 1.40. The SMILES string of the molecule is Cc1nc(CN2CCC3(CCN(Cc4ccccn4)C3=O)C2)sc1C. The lowest BCUT2D eigenvalue weighted by Crippen LogP contribution is -2.36. The molecule has 1 atom stereocenters. The Morgan fingerprint density at radius 3 is 2.76 bits per heavy atom. The summed E-state index contributed by atoms with van der Waals surface area (Å²) in [5, 5.41) is 1.17. The minimum Gasteiger partial charge on any atom is -0.336 e. The second-order valence-corrected chi connectivity index (χ2v) is 8.58. The second-order valence-electron chi connectivity index (χ2n) is 7.29. The number of hydrogen-bond acceptors (Lipinski definition) is 5. The predicted octanol–water partition coefficient (Wildman–Crippen LogP) is 2.78. The summed E-state index contributed by atoms with van der Waals surface area (Å²) in [6, 6.07) is 5.88. The number of nitrogens with zero attached hydrogens (tertiary/aromatic N) is 4. The zero-order valence-corrected chi connectivity index (χ0v) is 15.7.